The number of rotatable bonds is 5. The Morgan fingerprint density at radius 3 is 2.61 bits per heavy atom. The molecule has 4 nitrogen and oxygen atoms in total. The van der Waals surface area contributed by atoms with Crippen molar-refractivity contribution in [3.05, 3.63) is 65.9 Å². The van der Waals surface area contributed by atoms with Crippen LogP contribution in [0.25, 0.3) is 10.9 Å². The fourth-order valence-electron chi connectivity index (χ4n) is 2.86. The van der Waals surface area contributed by atoms with Gasteiger partial charge in [-0.05, 0) is 24.5 Å². The number of carbonyl (C=O) groups excluding carboxylic acids is 1. The van der Waals surface area contributed by atoms with Crippen molar-refractivity contribution >= 4 is 16.8 Å². The van der Waals surface area contributed by atoms with Gasteiger partial charge in [-0.1, -0.05) is 48.5 Å². The van der Waals surface area contributed by atoms with Gasteiger partial charge in [-0.15, -0.1) is 0 Å². The lowest BCUT2D eigenvalue weighted by molar-refractivity contribution is -0.122. The van der Waals surface area contributed by atoms with Crippen LogP contribution >= 0.6 is 0 Å². The first kappa shape index (κ1) is 14.0. The number of hydrogen-bond acceptors (Lipinski definition) is 2. The third kappa shape index (κ3) is 2.97. The molecule has 0 saturated heterocycles. The van der Waals surface area contributed by atoms with Gasteiger partial charge in [0, 0.05) is 11.3 Å². The zero-order valence-corrected chi connectivity index (χ0v) is 12.9. The van der Waals surface area contributed by atoms with E-state index in [1.807, 2.05) is 35.0 Å². The lowest BCUT2D eigenvalue weighted by atomic mass is 10.2. The predicted molar refractivity (Wildman–Crippen MR) is 89.8 cm³/mol. The summed E-state index contributed by atoms with van der Waals surface area (Å²) in [6.45, 7) is 1.23. The van der Waals surface area contributed by atoms with Crippen LogP contribution < -0.4 is 5.32 Å². The number of hydrogen-bond donors (Lipinski definition) is 1. The Hall–Kier alpha value is -2.62. The van der Waals surface area contributed by atoms with Crippen molar-refractivity contribution in [1.82, 2.24) is 15.1 Å². The van der Waals surface area contributed by atoms with E-state index in [2.05, 4.69) is 29.6 Å². The van der Waals surface area contributed by atoms with E-state index >= 15 is 0 Å². The maximum atomic E-state index is 11.9. The summed E-state index contributed by atoms with van der Waals surface area (Å²) in [6.07, 6.45) is 2.05. The van der Waals surface area contributed by atoms with Crippen LogP contribution in [0.3, 0.4) is 0 Å². The zero-order valence-electron chi connectivity index (χ0n) is 12.9. The van der Waals surface area contributed by atoms with E-state index in [-0.39, 0.29) is 11.8 Å². The summed E-state index contributed by atoms with van der Waals surface area (Å²) in [4.78, 5) is 11.9. The molecule has 0 radical (unpaired) electrons. The van der Waals surface area contributed by atoms with Crippen molar-refractivity contribution in [1.29, 1.82) is 0 Å². The van der Waals surface area contributed by atoms with Gasteiger partial charge >= 0.3 is 0 Å². The van der Waals surface area contributed by atoms with Gasteiger partial charge in [0.05, 0.1) is 24.3 Å². The number of amides is 1. The molecular weight excluding hydrogens is 286 g/mol. The Morgan fingerprint density at radius 2 is 1.83 bits per heavy atom. The molecule has 3 aromatic rings. The van der Waals surface area contributed by atoms with Gasteiger partial charge in [-0.2, -0.15) is 5.10 Å². The van der Waals surface area contributed by atoms with Gasteiger partial charge < -0.3 is 5.32 Å². The summed E-state index contributed by atoms with van der Waals surface area (Å²) in [5, 5.41) is 8.86. The molecule has 4 heteroatoms. The number of nitrogens with zero attached hydrogens (tertiary/aromatic N) is 2. The topological polar surface area (TPSA) is 46.9 Å². The molecular formula is C19H19N3O. The van der Waals surface area contributed by atoms with Crippen LogP contribution in [0.5, 0.6) is 0 Å². The number of benzene rings is 2. The van der Waals surface area contributed by atoms with Crippen LogP contribution in [0.15, 0.2) is 54.6 Å². The van der Waals surface area contributed by atoms with E-state index in [0.717, 1.165) is 36.0 Å². The highest BCUT2D eigenvalue weighted by atomic mass is 16.2. The van der Waals surface area contributed by atoms with Crippen molar-refractivity contribution in [2.24, 2.45) is 5.92 Å². The van der Waals surface area contributed by atoms with E-state index in [9.17, 15) is 4.79 Å². The normalized spacial score (nSPS) is 14.1. The second-order valence-electron chi connectivity index (χ2n) is 6.10. The first-order valence-corrected chi connectivity index (χ1v) is 8.07. The highest BCUT2D eigenvalue weighted by Crippen LogP contribution is 2.29. The second-order valence-corrected chi connectivity index (χ2v) is 6.10. The van der Waals surface area contributed by atoms with Crippen molar-refractivity contribution in [2.75, 3.05) is 0 Å². The monoisotopic (exact) mass is 305 g/mol. The van der Waals surface area contributed by atoms with E-state index in [0.29, 0.717) is 6.54 Å². The van der Waals surface area contributed by atoms with Crippen molar-refractivity contribution < 1.29 is 4.79 Å². The minimum atomic E-state index is 0.159. The van der Waals surface area contributed by atoms with Gasteiger partial charge in [0.2, 0.25) is 5.91 Å². The van der Waals surface area contributed by atoms with Crippen LogP contribution in [-0.2, 0) is 17.9 Å². The Labute approximate surface area is 135 Å². The van der Waals surface area contributed by atoms with Gasteiger partial charge in [0.1, 0.15) is 0 Å². The summed E-state index contributed by atoms with van der Waals surface area (Å²) < 4.78 is 2.02. The second kappa shape index (κ2) is 5.88. The summed E-state index contributed by atoms with van der Waals surface area (Å²) in [5.41, 5.74) is 3.26. The lowest BCUT2D eigenvalue weighted by Gasteiger charge is -2.03. The van der Waals surface area contributed by atoms with E-state index < -0.39 is 0 Å². The van der Waals surface area contributed by atoms with E-state index in [1.165, 1.54) is 5.56 Å². The van der Waals surface area contributed by atoms with E-state index in [4.69, 9.17) is 5.10 Å². The molecule has 1 saturated carbocycles. The fraction of sp³-hybridized carbons (Fsp3) is 0.263. The molecule has 4 rings (SSSR count). The number of para-hydroxylation sites is 1. The summed E-state index contributed by atoms with van der Waals surface area (Å²) in [7, 11) is 0. The third-order valence-electron chi connectivity index (χ3n) is 4.29. The molecule has 0 unspecified atom stereocenters. The first-order chi connectivity index (χ1) is 11.3. The van der Waals surface area contributed by atoms with Crippen LogP contribution in [0.4, 0.5) is 0 Å². The minimum Gasteiger partial charge on any atom is -0.350 e. The largest absolute Gasteiger partial charge is 0.350 e. The molecule has 1 amide bonds. The number of fused-ring (bicyclic) bond motifs is 1. The molecule has 1 aliphatic rings. The molecule has 0 atom stereocenters. The van der Waals surface area contributed by atoms with Crippen molar-refractivity contribution in [3.8, 4) is 0 Å². The predicted octanol–water partition coefficient (Wildman–Crippen LogP) is 3.11. The maximum Gasteiger partial charge on any atom is 0.223 e. The van der Waals surface area contributed by atoms with Crippen molar-refractivity contribution in [3.63, 3.8) is 0 Å². The Bertz CT molecular complexity index is 834. The maximum absolute atomic E-state index is 11.9. The smallest absolute Gasteiger partial charge is 0.223 e. The summed E-state index contributed by atoms with van der Waals surface area (Å²) >= 11 is 0. The van der Waals surface area contributed by atoms with Crippen LogP contribution in [-0.4, -0.2) is 15.7 Å². The molecule has 1 N–H and O–H groups in total. The van der Waals surface area contributed by atoms with Crippen LogP contribution in [0, 0.1) is 5.92 Å². The highest BCUT2D eigenvalue weighted by Gasteiger charge is 2.29. The lowest BCUT2D eigenvalue weighted by Crippen LogP contribution is -2.24. The SMILES string of the molecule is O=C(NCc1nn(Cc2ccccc2)c2ccccc12)C1CC1. The average molecular weight is 305 g/mol. The Balaban J connectivity index is 1.61. The molecule has 0 spiro atoms. The van der Waals surface area contributed by atoms with Gasteiger partial charge in [-0.3, -0.25) is 9.48 Å². The standard InChI is InChI=1S/C19H19N3O/c23-19(15-10-11-15)20-12-17-16-8-4-5-9-18(16)22(21-17)13-14-6-2-1-3-7-14/h1-9,15H,10-13H2,(H,20,23). The number of aromatic nitrogens is 2. The molecule has 0 bridgehead atoms. The minimum absolute atomic E-state index is 0.159. The molecule has 1 heterocycles. The molecule has 1 fully saturated rings. The Morgan fingerprint density at radius 1 is 1.09 bits per heavy atom. The molecule has 1 aliphatic carbocycles. The van der Waals surface area contributed by atoms with Gasteiger partial charge in [-0.25, -0.2) is 0 Å². The molecule has 0 aliphatic heterocycles. The third-order valence-corrected chi connectivity index (χ3v) is 4.29. The Kier molecular flexibility index (Phi) is 3.58. The molecule has 2 aromatic carbocycles. The number of nitrogens with one attached hydrogen (secondary N) is 1. The summed E-state index contributed by atoms with van der Waals surface area (Å²) in [5.74, 6) is 0.388. The quantitative estimate of drug-likeness (QED) is 0.787. The first-order valence-electron chi connectivity index (χ1n) is 8.07. The highest BCUT2D eigenvalue weighted by molar-refractivity contribution is 5.84. The number of carbonyl (C=O) groups is 1. The van der Waals surface area contributed by atoms with Crippen LogP contribution in [0.1, 0.15) is 24.1 Å². The molecule has 23 heavy (non-hydrogen) atoms. The average Bonchev–Trinajstić information content (AvgIpc) is 3.38. The van der Waals surface area contributed by atoms with Crippen molar-refractivity contribution in [2.45, 2.75) is 25.9 Å². The zero-order chi connectivity index (χ0) is 15.6. The molecule has 116 valence electrons. The van der Waals surface area contributed by atoms with Crippen LogP contribution in [0.2, 0.25) is 0 Å². The van der Waals surface area contributed by atoms with Gasteiger partial charge in [0.15, 0.2) is 0 Å². The fourth-order valence-corrected chi connectivity index (χ4v) is 2.86. The molecule has 1 aromatic heterocycles. The van der Waals surface area contributed by atoms with Gasteiger partial charge in [0.25, 0.3) is 0 Å². The summed E-state index contributed by atoms with van der Waals surface area (Å²) in [6, 6.07) is 18.5. The van der Waals surface area contributed by atoms with E-state index in [1.54, 1.807) is 0 Å².